The van der Waals surface area contributed by atoms with E-state index < -0.39 is 10.8 Å². The van der Waals surface area contributed by atoms with Crippen LogP contribution in [0.15, 0.2) is 60.1 Å². The first-order valence-corrected chi connectivity index (χ1v) is 9.63. The molecule has 0 saturated carbocycles. The molecule has 0 unspecified atom stereocenters. The number of thiazole rings is 1. The second-order valence-corrected chi connectivity index (χ2v) is 7.03. The van der Waals surface area contributed by atoms with Gasteiger partial charge in [0.2, 0.25) is 0 Å². The molecule has 0 aliphatic carbocycles. The molecule has 0 aliphatic rings. The third-order valence-electron chi connectivity index (χ3n) is 4.28. The third-order valence-corrected chi connectivity index (χ3v) is 4.97. The number of amides is 1. The number of benzene rings is 2. The molecule has 0 aliphatic heterocycles. The van der Waals surface area contributed by atoms with E-state index >= 15 is 0 Å². The van der Waals surface area contributed by atoms with Crippen molar-refractivity contribution in [3.05, 3.63) is 75.9 Å². The quantitative estimate of drug-likeness (QED) is 0.317. The van der Waals surface area contributed by atoms with E-state index in [1.807, 2.05) is 12.1 Å². The van der Waals surface area contributed by atoms with Crippen molar-refractivity contribution in [2.45, 2.75) is 0 Å². The molecule has 9 nitrogen and oxygen atoms in total. The number of anilines is 1. The predicted octanol–water partition coefficient (Wildman–Crippen LogP) is 4.79. The Morgan fingerprint density at radius 2 is 1.97 bits per heavy atom. The summed E-state index contributed by atoms with van der Waals surface area (Å²) in [6.07, 6.45) is 1.59. The number of nitro benzene ring substituents is 1. The molecule has 1 amide bonds. The molecule has 31 heavy (non-hydrogen) atoms. The monoisotopic (exact) mass is 457 g/mol. The molecular weight excluding hydrogens is 442 g/mol. The smallest absolute Gasteiger partial charge is 0.278 e. The molecule has 4 rings (SSSR count). The van der Waals surface area contributed by atoms with Crippen LogP contribution in [0.4, 0.5) is 10.8 Å². The van der Waals surface area contributed by atoms with Gasteiger partial charge in [-0.3, -0.25) is 20.2 Å². The lowest BCUT2D eigenvalue weighted by Crippen LogP contribution is -2.13. The average molecular weight is 458 g/mol. The van der Waals surface area contributed by atoms with Crippen molar-refractivity contribution < 1.29 is 14.5 Å². The number of nitrogens with one attached hydrogen (secondary N) is 2. The number of aromatic nitrogens is 3. The van der Waals surface area contributed by atoms with E-state index in [9.17, 15) is 14.9 Å². The first-order chi connectivity index (χ1) is 14.5. The molecule has 4 aromatic rings. The topological polar surface area (TPSA) is 123 Å². The number of ether oxygens (including phenoxy) is 1. The van der Waals surface area contributed by atoms with Crippen LogP contribution < -0.4 is 10.1 Å². The first kappa shape index (κ1) is 21.9. The number of non-ortho nitro benzene ring substituents is 1. The van der Waals surface area contributed by atoms with Gasteiger partial charge >= 0.3 is 0 Å². The van der Waals surface area contributed by atoms with Gasteiger partial charge in [0.1, 0.15) is 11.6 Å². The van der Waals surface area contributed by atoms with Crippen molar-refractivity contribution in [2.24, 2.45) is 0 Å². The molecule has 2 aromatic carbocycles. The van der Waals surface area contributed by atoms with Gasteiger partial charge in [-0.05, 0) is 24.3 Å². The van der Waals surface area contributed by atoms with Gasteiger partial charge in [-0.2, -0.15) is 0 Å². The fraction of sp³-hybridized carbons (Fsp3) is 0.0500. The number of halogens is 1. The Labute approximate surface area is 186 Å². The molecule has 2 heterocycles. The Morgan fingerprint density at radius 1 is 1.19 bits per heavy atom. The minimum atomic E-state index is -0.472. The van der Waals surface area contributed by atoms with E-state index in [1.165, 1.54) is 23.5 Å². The highest BCUT2D eigenvalue weighted by Crippen LogP contribution is 2.30. The zero-order chi connectivity index (χ0) is 21.1. The molecule has 0 spiro atoms. The van der Waals surface area contributed by atoms with Gasteiger partial charge < -0.3 is 9.72 Å². The number of carbonyl (C=O) groups is 1. The molecular formula is C20H16ClN5O4S. The average Bonchev–Trinajstić information content (AvgIpc) is 3.44. The van der Waals surface area contributed by atoms with E-state index in [0.29, 0.717) is 33.5 Å². The van der Waals surface area contributed by atoms with Gasteiger partial charge in [0, 0.05) is 34.8 Å². The fourth-order valence-corrected chi connectivity index (χ4v) is 3.37. The van der Waals surface area contributed by atoms with Gasteiger partial charge in [-0.1, -0.05) is 12.1 Å². The summed E-state index contributed by atoms with van der Waals surface area (Å²) in [4.78, 5) is 35.0. The van der Waals surface area contributed by atoms with E-state index in [2.05, 4.69) is 20.3 Å². The SMILES string of the molecule is COc1cccc(-c2[nH]c(-c3ccc([N+](=O)[O-])cc3)nc2C(=O)Nc2nccs2)c1.Cl. The minimum absolute atomic E-state index is 0. The molecule has 0 atom stereocenters. The molecule has 158 valence electrons. The zero-order valence-electron chi connectivity index (χ0n) is 16.1. The first-order valence-electron chi connectivity index (χ1n) is 8.75. The van der Waals surface area contributed by atoms with Crippen molar-refractivity contribution in [3.63, 3.8) is 0 Å². The Kier molecular flexibility index (Phi) is 6.63. The summed E-state index contributed by atoms with van der Waals surface area (Å²) in [5.74, 6) is 0.615. The third kappa shape index (κ3) is 4.71. The van der Waals surface area contributed by atoms with Gasteiger partial charge in [-0.25, -0.2) is 9.97 Å². The number of aromatic amines is 1. The lowest BCUT2D eigenvalue weighted by atomic mass is 10.1. The van der Waals surface area contributed by atoms with Crippen molar-refractivity contribution in [2.75, 3.05) is 12.4 Å². The van der Waals surface area contributed by atoms with Crippen LogP contribution in [0.3, 0.4) is 0 Å². The predicted molar refractivity (Wildman–Crippen MR) is 120 cm³/mol. The molecule has 0 fully saturated rings. The number of carbonyl (C=O) groups excluding carboxylic acids is 1. The maximum absolute atomic E-state index is 12.9. The zero-order valence-corrected chi connectivity index (χ0v) is 17.7. The van der Waals surface area contributed by atoms with Crippen LogP contribution in [0.5, 0.6) is 5.75 Å². The van der Waals surface area contributed by atoms with Crippen LogP contribution in [0.25, 0.3) is 22.6 Å². The van der Waals surface area contributed by atoms with Crippen molar-refractivity contribution >= 4 is 40.5 Å². The van der Waals surface area contributed by atoms with Gasteiger partial charge in [0.25, 0.3) is 11.6 Å². The maximum Gasteiger partial charge on any atom is 0.278 e. The van der Waals surface area contributed by atoms with Crippen molar-refractivity contribution in [3.8, 4) is 28.4 Å². The largest absolute Gasteiger partial charge is 0.497 e. The maximum atomic E-state index is 12.9. The number of methoxy groups -OCH3 is 1. The summed E-state index contributed by atoms with van der Waals surface area (Å²) in [5.41, 5.74) is 1.96. The van der Waals surface area contributed by atoms with Gasteiger partial charge in [-0.15, -0.1) is 23.7 Å². The van der Waals surface area contributed by atoms with Crippen molar-refractivity contribution in [1.29, 1.82) is 0 Å². The van der Waals surface area contributed by atoms with Crippen LogP contribution >= 0.6 is 23.7 Å². The second-order valence-electron chi connectivity index (χ2n) is 6.14. The lowest BCUT2D eigenvalue weighted by molar-refractivity contribution is -0.384. The molecule has 11 heteroatoms. The highest BCUT2D eigenvalue weighted by molar-refractivity contribution is 7.13. The number of imidazole rings is 1. The van der Waals surface area contributed by atoms with Gasteiger partial charge in [0.15, 0.2) is 10.8 Å². The number of hydrogen-bond donors (Lipinski definition) is 2. The lowest BCUT2D eigenvalue weighted by Gasteiger charge is -2.05. The molecule has 2 N–H and O–H groups in total. The molecule has 2 aromatic heterocycles. The summed E-state index contributed by atoms with van der Waals surface area (Å²) >= 11 is 1.30. The Bertz CT molecular complexity index is 1210. The number of nitro groups is 1. The van der Waals surface area contributed by atoms with Crippen LogP contribution in [-0.2, 0) is 0 Å². The highest BCUT2D eigenvalue weighted by atomic mass is 35.5. The fourth-order valence-electron chi connectivity index (χ4n) is 2.84. The number of rotatable bonds is 6. The number of nitrogens with zero attached hydrogens (tertiary/aromatic N) is 3. The summed E-state index contributed by atoms with van der Waals surface area (Å²) in [5, 5.41) is 15.8. The van der Waals surface area contributed by atoms with E-state index in [4.69, 9.17) is 4.74 Å². The highest BCUT2D eigenvalue weighted by Gasteiger charge is 2.21. The summed E-state index contributed by atoms with van der Waals surface area (Å²) < 4.78 is 5.28. The van der Waals surface area contributed by atoms with Crippen LogP contribution in [-0.4, -0.2) is 32.9 Å². The molecule has 0 bridgehead atoms. The van der Waals surface area contributed by atoms with Crippen molar-refractivity contribution in [1.82, 2.24) is 15.0 Å². The van der Waals surface area contributed by atoms with E-state index in [0.717, 1.165) is 0 Å². The standard InChI is InChI=1S/C20H15N5O4S.ClH/c1-29-15-4-2-3-13(11-15)16-17(19(26)24-20-21-9-10-30-20)23-18(22-16)12-5-7-14(8-6-12)25(27)28;/h2-11H,1H3,(H,22,23)(H,21,24,26);1H. The second kappa shape index (κ2) is 9.37. The van der Waals surface area contributed by atoms with Crippen LogP contribution in [0, 0.1) is 10.1 Å². The van der Waals surface area contributed by atoms with Gasteiger partial charge in [0.05, 0.1) is 17.7 Å². The Morgan fingerprint density at radius 3 is 2.61 bits per heavy atom. The summed E-state index contributed by atoms with van der Waals surface area (Å²) in [6.45, 7) is 0. The molecule has 0 radical (unpaired) electrons. The van der Waals surface area contributed by atoms with E-state index in [1.54, 1.807) is 43.0 Å². The normalized spacial score (nSPS) is 10.2. The Hall–Kier alpha value is -3.76. The number of H-pyrrole nitrogens is 1. The van der Waals surface area contributed by atoms with Crippen LogP contribution in [0.1, 0.15) is 10.5 Å². The molecule has 0 saturated heterocycles. The minimum Gasteiger partial charge on any atom is -0.497 e. The summed E-state index contributed by atoms with van der Waals surface area (Å²) in [6, 6.07) is 13.2. The summed E-state index contributed by atoms with van der Waals surface area (Å²) in [7, 11) is 1.56. The number of hydrogen-bond acceptors (Lipinski definition) is 7. The van der Waals surface area contributed by atoms with Crippen LogP contribution in [0.2, 0.25) is 0 Å². The Balaban J connectivity index is 0.00000272. The van der Waals surface area contributed by atoms with E-state index in [-0.39, 0.29) is 23.8 Å².